The number of hydrogen-bond acceptors (Lipinski definition) is 3. The number of alkyl halides is 4. The Balaban J connectivity index is 1.66. The van der Waals surface area contributed by atoms with Crippen molar-refractivity contribution in [2.75, 3.05) is 20.6 Å². The van der Waals surface area contributed by atoms with Crippen LogP contribution in [0.1, 0.15) is 44.9 Å². The van der Waals surface area contributed by atoms with Gasteiger partial charge in [-0.2, -0.15) is 13.2 Å². The molecule has 3 aliphatic rings. The van der Waals surface area contributed by atoms with E-state index in [0.29, 0.717) is 17.7 Å². The molecule has 0 bridgehead atoms. The minimum atomic E-state index is -4.06. The van der Waals surface area contributed by atoms with Crippen LogP contribution >= 0.6 is 11.6 Å². The fourth-order valence-corrected chi connectivity index (χ4v) is 5.03. The van der Waals surface area contributed by atoms with Gasteiger partial charge in [-0.1, -0.05) is 0 Å². The average molecular weight is 368 g/mol. The van der Waals surface area contributed by atoms with Crippen molar-refractivity contribution in [1.82, 2.24) is 15.1 Å². The van der Waals surface area contributed by atoms with E-state index in [4.69, 9.17) is 11.6 Å². The summed E-state index contributed by atoms with van der Waals surface area (Å²) in [5.74, 6) is -0.538. The van der Waals surface area contributed by atoms with E-state index >= 15 is 0 Å². The van der Waals surface area contributed by atoms with Crippen molar-refractivity contribution in [3.05, 3.63) is 0 Å². The van der Waals surface area contributed by atoms with E-state index in [9.17, 15) is 13.2 Å². The zero-order valence-corrected chi connectivity index (χ0v) is 15.3. The second-order valence-corrected chi connectivity index (χ2v) is 8.66. The molecule has 4 atom stereocenters. The fraction of sp³-hybridized carbons (Fsp3) is 1.00. The molecule has 1 saturated heterocycles. The van der Waals surface area contributed by atoms with Gasteiger partial charge in [0.25, 0.3) is 0 Å². The Morgan fingerprint density at radius 3 is 2.33 bits per heavy atom. The maximum absolute atomic E-state index is 13.1. The second kappa shape index (κ2) is 7.29. The van der Waals surface area contributed by atoms with Crippen LogP contribution in [0.25, 0.3) is 0 Å². The maximum atomic E-state index is 13.1. The zero-order valence-electron chi connectivity index (χ0n) is 14.5. The molecule has 3 rings (SSSR count). The average Bonchev–Trinajstić information content (AvgIpc) is 2.87. The summed E-state index contributed by atoms with van der Waals surface area (Å²) in [7, 11) is 4.00. The molecule has 1 heterocycles. The Morgan fingerprint density at radius 1 is 1.08 bits per heavy atom. The summed E-state index contributed by atoms with van der Waals surface area (Å²) in [6.45, 7) is 0.970. The zero-order chi connectivity index (χ0) is 17.5. The van der Waals surface area contributed by atoms with E-state index < -0.39 is 12.1 Å². The van der Waals surface area contributed by atoms with Gasteiger partial charge in [-0.3, -0.25) is 15.1 Å². The molecule has 0 radical (unpaired) electrons. The molecule has 0 amide bonds. The Hall–Kier alpha value is -0.0400. The van der Waals surface area contributed by atoms with Crippen molar-refractivity contribution in [1.29, 1.82) is 0 Å². The van der Waals surface area contributed by atoms with Gasteiger partial charge < -0.3 is 0 Å². The molecule has 3 nitrogen and oxygen atoms in total. The number of fused-ring (bicyclic) bond motifs is 1. The maximum Gasteiger partial charge on any atom is 0.391 e. The number of nitrogens with zero attached hydrogens (tertiary/aromatic N) is 2. The molecule has 7 heteroatoms. The minimum absolute atomic E-state index is 0.0423. The molecule has 2 saturated carbocycles. The Labute approximate surface area is 147 Å². The first-order valence-corrected chi connectivity index (χ1v) is 9.58. The number of hydrogen-bond donors (Lipinski definition) is 1. The summed E-state index contributed by atoms with van der Waals surface area (Å²) < 4.78 is 39.3. The lowest BCUT2D eigenvalue weighted by Crippen LogP contribution is -2.50. The Morgan fingerprint density at radius 2 is 1.75 bits per heavy atom. The molecule has 0 aromatic heterocycles. The largest absolute Gasteiger partial charge is 0.391 e. The van der Waals surface area contributed by atoms with Crippen LogP contribution in [-0.4, -0.2) is 60.4 Å². The van der Waals surface area contributed by atoms with Gasteiger partial charge in [0, 0.05) is 24.0 Å². The quantitative estimate of drug-likeness (QED) is 0.768. The van der Waals surface area contributed by atoms with Crippen LogP contribution in [0.15, 0.2) is 0 Å². The number of halogens is 4. The van der Waals surface area contributed by atoms with Crippen molar-refractivity contribution >= 4 is 11.6 Å². The summed E-state index contributed by atoms with van der Waals surface area (Å²) in [6, 6.07) is 0.173. The van der Waals surface area contributed by atoms with E-state index in [2.05, 4.69) is 15.1 Å². The van der Waals surface area contributed by atoms with Crippen LogP contribution in [0.3, 0.4) is 0 Å². The predicted molar refractivity (Wildman–Crippen MR) is 89.9 cm³/mol. The van der Waals surface area contributed by atoms with Gasteiger partial charge in [0.1, 0.15) is 6.29 Å². The molecular weight excluding hydrogens is 339 g/mol. The monoisotopic (exact) mass is 367 g/mol. The summed E-state index contributed by atoms with van der Waals surface area (Å²) in [4.78, 5) is 4.52. The third kappa shape index (κ3) is 4.02. The molecule has 0 aromatic carbocycles. The van der Waals surface area contributed by atoms with Gasteiger partial charge >= 0.3 is 6.18 Å². The van der Waals surface area contributed by atoms with Crippen molar-refractivity contribution in [2.45, 2.75) is 74.9 Å². The molecule has 1 aliphatic heterocycles. The van der Waals surface area contributed by atoms with E-state index in [1.54, 1.807) is 0 Å². The predicted octanol–water partition coefficient (Wildman–Crippen LogP) is 3.63. The van der Waals surface area contributed by atoms with Crippen LogP contribution in [-0.2, 0) is 0 Å². The van der Waals surface area contributed by atoms with E-state index in [1.165, 1.54) is 0 Å². The normalized spacial score (nSPS) is 41.6. The minimum Gasteiger partial charge on any atom is -0.285 e. The molecule has 2 aliphatic carbocycles. The van der Waals surface area contributed by atoms with Gasteiger partial charge in [-0.25, -0.2) is 0 Å². The molecule has 24 heavy (non-hydrogen) atoms. The lowest BCUT2D eigenvalue weighted by molar-refractivity contribution is -0.185. The number of nitrogens with one attached hydrogen (secondary N) is 1. The Bertz CT molecular complexity index is 424. The Kier molecular flexibility index (Phi) is 5.70. The molecular formula is C17H29ClF3N3. The van der Waals surface area contributed by atoms with Crippen LogP contribution in [0.4, 0.5) is 13.2 Å². The third-order valence-electron chi connectivity index (χ3n) is 6.11. The summed E-state index contributed by atoms with van der Waals surface area (Å²) in [6.07, 6.45) is 1.47. The molecule has 0 aromatic rings. The van der Waals surface area contributed by atoms with Gasteiger partial charge in [-0.15, -0.1) is 11.6 Å². The first-order chi connectivity index (χ1) is 11.3. The molecule has 1 N–H and O–H groups in total. The highest BCUT2D eigenvalue weighted by Crippen LogP contribution is 2.42. The topological polar surface area (TPSA) is 18.5 Å². The van der Waals surface area contributed by atoms with Crippen molar-refractivity contribution in [3.8, 4) is 0 Å². The molecule has 4 unspecified atom stereocenters. The summed E-state index contributed by atoms with van der Waals surface area (Å²) in [5.41, 5.74) is 0. The van der Waals surface area contributed by atoms with Crippen LogP contribution < -0.4 is 5.32 Å². The van der Waals surface area contributed by atoms with Gasteiger partial charge in [0.2, 0.25) is 0 Å². The SMILES string of the molecule is CN(C)C1NC2CC(C(F)(F)F)CCC2N1CC1CCC(Cl)CC1. The lowest BCUT2D eigenvalue weighted by Gasteiger charge is -2.39. The van der Waals surface area contributed by atoms with E-state index in [-0.39, 0.29) is 31.2 Å². The van der Waals surface area contributed by atoms with Gasteiger partial charge in [0.05, 0.1) is 5.92 Å². The number of rotatable bonds is 3. The molecule has 0 spiro atoms. The van der Waals surface area contributed by atoms with Crippen LogP contribution in [0.2, 0.25) is 0 Å². The van der Waals surface area contributed by atoms with E-state index in [1.807, 2.05) is 14.1 Å². The van der Waals surface area contributed by atoms with Gasteiger partial charge in [0.15, 0.2) is 0 Å². The van der Waals surface area contributed by atoms with Crippen LogP contribution in [0, 0.1) is 11.8 Å². The first-order valence-electron chi connectivity index (χ1n) is 9.14. The smallest absolute Gasteiger partial charge is 0.285 e. The fourth-order valence-electron chi connectivity index (χ4n) is 4.78. The molecule has 3 fully saturated rings. The highest BCUT2D eigenvalue weighted by Gasteiger charge is 2.50. The van der Waals surface area contributed by atoms with E-state index in [0.717, 1.165) is 32.2 Å². The lowest BCUT2D eigenvalue weighted by atomic mass is 9.81. The van der Waals surface area contributed by atoms with Crippen molar-refractivity contribution in [2.24, 2.45) is 11.8 Å². The van der Waals surface area contributed by atoms with Gasteiger partial charge in [-0.05, 0) is 65.0 Å². The van der Waals surface area contributed by atoms with Crippen LogP contribution in [0.5, 0.6) is 0 Å². The standard InChI is InChI=1S/C17H29ClF3N3/c1-23(2)16-22-14-9-12(17(19,20)21)5-8-15(14)24(16)10-11-3-6-13(18)7-4-11/h11-16,22H,3-10H2,1-2H3. The second-order valence-electron chi connectivity index (χ2n) is 8.04. The van der Waals surface area contributed by atoms with Crippen molar-refractivity contribution < 1.29 is 13.2 Å². The third-order valence-corrected chi connectivity index (χ3v) is 6.55. The molecule has 140 valence electrons. The summed E-state index contributed by atoms with van der Waals surface area (Å²) >= 11 is 6.21. The highest BCUT2D eigenvalue weighted by molar-refractivity contribution is 6.20. The summed E-state index contributed by atoms with van der Waals surface area (Å²) in [5, 5.41) is 3.77. The highest BCUT2D eigenvalue weighted by atomic mass is 35.5. The first kappa shape index (κ1) is 18.7. The van der Waals surface area contributed by atoms with Crippen molar-refractivity contribution in [3.63, 3.8) is 0 Å².